The largest absolute Gasteiger partial charge is 0.534 e. The number of ketones is 1. The van der Waals surface area contributed by atoms with Crippen LogP contribution in [0.4, 0.5) is 49.6 Å². The van der Waals surface area contributed by atoms with E-state index >= 15 is 17.6 Å². The minimum absolute atomic E-state index is 0.00289. The van der Waals surface area contributed by atoms with Crippen LogP contribution in [0.1, 0.15) is 93.2 Å². The molecule has 4 aromatic carbocycles. The Hall–Kier alpha value is -7.96. The molecule has 2 N–H and O–H groups in total. The van der Waals surface area contributed by atoms with Crippen molar-refractivity contribution in [1.29, 1.82) is 0 Å². The standard InChI is InChI=1S/C47H35F10N3O16S2/c1-20(61)11-13-60(14-12-34(62)71-2)25-9-3-21-15-27(43(65)72-33(21)17-25)42(64)59-24-7-5-23(6-8-24)58-41(63)22-4-10-28-26(16-22)44(66)74-45(28)29-18-31(48)39(75-77(67,68)46(52,53)54)35(50)37(29)73-38-30(45)19-32(49)40(36(38)51)76-78(69,70)47(55,56)57/h3-4,9-10,15-19,23-24H,5-8,11-14H2,1-2H3,(H,58,63)(H,59,64). The van der Waals surface area contributed by atoms with E-state index in [2.05, 4.69) is 19.0 Å². The summed E-state index contributed by atoms with van der Waals surface area (Å²) in [6, 6.07) is 7.50. The Morgan fingerprint density at radius 3 is 1.74 bits per heavy atom. The van der Waals surface area contributed by atoms with Crippen LogP contribution in [0.2, 0.25) is 0 Å². The fourth-order valence-electron chi connectivity index (χ4n) is 8.77. The van der Waals surface area contributed by atoms with E-state index in [-0.39, 0.29) is 86.2 Å². The molecule has 0 bridgehead atoms. The maximum absolute atomic E-state index is 16.2. The molecule has 3 aliphatic rings. The molecule has 1 fully saturated rings. The minimum atomic E-state index is -6.90. The number of fused-ring (bicyclic) bond motifs is 7. The number of nitrogens with zero attached hydrogens (tertiary/aromatic N) is 1. The molecule has 0 unspecified atom stereocenters. The maximum Gasteiger partial charge on any atom is 0.534 e. The highest BCUT2D eigenvalue weighted by Gasteiger charge is 2.58. The molecule has 5 aromatic rings. The van der Waals surface area contributed by atoms with Crippen LogP contribution in [-0.4, -0.2) is 89.7 Å². The zero-order valence-corrected chi connectivity index (χ0v) is 41.2. The van der Waals surface area contributed by atoms with Crippen molar-refractivity contribution in [3.05, 3.63) is 122 Å². The van der Waals surface area contributed by atoms with Crippen molar-refractivity contribution in [3.63, 3.8) is 0 Å². The van der Waals surface area contributed by atoms with E-state index in [1.807, 2.05) is 0 Å². The molecule has 19 nitrogen and oxygen atoms in total. The van der Waals surface area contributed by atoms with Crippen LogP contribution in [0.25, 0.3) is 11.0 Å². The van der Waals surface area contributed by atoms with E-state index in [4.69, 9.17) is 18.6 Å². The molecule has 0 atom stereocenters. The molecule has 8 rings (SSSR count). The number of alkyl halides is 6. The summed E-state index contributed by atoms with van der Waals surface area (Å²) in [4.78, 5) is 79.1. The summed E-state index contributed by atoms with van der Waals surface area (Å²) in [5.74, 6) is -21.8. The SMILES string of the molecule is COC(=O)CCN(CCC(C)=O)c1ccc2cc(C(=O)NC3CCC(NC(=O)c4ccc5c(c4)C(=O)OC54c5cc(F)c(OS(=O)(=O)C(F)(F)F)c(F)c5Oc5c4cc(F)c(OS(=O)(=O)C(F)(F)F)c5F)CC3)c(=O)oc2c1. The lowest BCUT2D eigenvalue weighted by Crippen LogP contribution is -2.44. The van der Waals surface area contributed by atoms with Gasteiger partial charge in [-0.1, -0.05) is 6.07 Å². The zero-order chi connectivity index (χ0) is 57.2. The summed E-state index contributed by atoms with van der Waals surface area (Å²) >= 11 is 0. The highest BCUT2D eigenvalue weighted by molar-refractivity contribution is 7.88. The molecule has 0 saturated heterocycles. The van der Waals surface area contributed by atoms with Gasteiger partial charge < -0.3 is 42.5 Å². The van der Waals surface area contributed by atoms with E-state index in [1.165, 1.54) is 26.2 Å². The van der Waals surface area contributed by atoms with Crippen LogP contribution in [-0.2, 0) is 44.9 Å². The predicted octanol–water partition coefficient (Wildman–Crippen LogP) is 7.19. The lowest BCUT2D eigenvalue weighted by atomic mass is 9.77. The second-order valence-electron chi connectivity index (χ2n) is 17.6. The first-order valence-corrected chi connectivity index (χ1v) is 25.3. The van der Waals surface area contributed by atoms with Gasteiger partial charge in [0.05, 0.1) is 30.2 Å². The van der Waals surface area contributed by atoms with Crippen LogP contribution in [0.15, 0.2) is 63.8 Å². The van der Waals surface area contributed by atoms with Crippen molar-refractivity contribution in [2.75, 3.05) is 25.1 Å². The molecular formula is C47H35F10N3O16S2. The Labute approximate surface area is 431 Å². The fourth-order valence-corrected chi connectivity index (χ4v) is 9.71. The second-order valence-corrected chi connectivity index (χ2v) is 20.7. The van der Waals surface area contributed by atoms with Crippen LogP contribution in [0, 0.1) is 23.3 Å². The third-order valence-electron chi connectivity index (χ3n) is 12.6. The number of anilines is 1. The number of benzene rings is 4. The Bertz CT molecular complexity index is 3550. The van der Waals surface area contributed by atoms with Crippen LogP contribution in [0.5, 0.6) is 23.0 Å². The number of ether oxygens (including phenoxy) is 3. The molecule has 1 spiro atoms. The molecule has 416 valence electrons. The smallest absolute Gasteiger partial charge is 0.469 e. The Balaban J connectivity index is 1.02. The van der Waals surface area contributed by atoms with Crippen LogP contribution >= 0.6 is 0 Å². The van der Waals surface area contributed by atoms with Gasteiger partial charge in [0.25, 0.3) is 11.8 Å². The summed E-state index contributed by atoms with van der Waals surface area (Å²) in [5.41, 5.74) is -20.6. The number of hydrogen-bond donors (Lipinski definition) is 2. The Morgan fingerprint density at radius 1 is 0.705 bits per heavy atom. The number of nitrogens with one attached hydrogen (secondary N) is 2. The van der Waals surface area contributed by atoms with E-state index < -0.39 is 147 Å². The summed E-state index contributed by atoms with van der Waals surface area (Å²) in [7, 11) is -12.6. The van der Waals surface area contributed by atoms with E-state index in [1.54, 1.807) is 17.0 Å². The molecule has 1 saturated carbocycles. The molecule has 78 heavy (non-hydrogen) atoms. The van der Waals surface area contributed by atoms with Gasteiger partial charge in [-0.05, 0) is 75.1 Å². The van der Waals surface area contributed by atoms with E-state index in [0.29, 0.717) is 11.1 Å². The normalized spacial score (nSPS) is 16.7. The van der Waals surface area contributed by atoms with Gasteiger partial charge in [-0.25, -0.2) is 18.4 Å². The first-order valence-electron chi connectivity index (χ1n) is 22.5. The van der Waals surface area contributed by atoms with Crippen molar-refractivity contribution in [2.24, 2.45) is 0 Å². The van der Waals surface area contributed by atoms with Crippen LogP contribution in [0.3, 0.4) is 0 Å². The van der Waals surface area contributed by atoms with Gasteiger partial charge in [-0.2, -0.15) is 52.0 Å². The number of carbonyl (C=O) groups is 5. The Morgan fingerprint density at radius 2 is 1.23 bits per heavy atom. The first kappa shape index (κ1) is 56.2. The number of halogens is 10. The minimum Gasteiger partial charge on any atom is -0.469 e. The third kappa shape index (κ3) is 10.5. The highest BCUT2D eigenvalue weighted by atomic mass is 32.2. The second kappa shape index (κ2) is 20.4. The van der Waals surface area contributed by atoms with Gasteiger partial charge in [0, 0.05) is 59.9 Å². The van der Waals surface area contributed by atoms with Crippen molar-refractivity contribution < 1.29 is 112 Å². The molecule has 31 heteroatoms. The number of rotatable bonds is 15. The maximum atomic E-state index is 16.2. The molecular weight excluding hydrogens is 1120 g/mol. The first-order chi connectivity index (χ1) is 36.4. The van der Waals surface area contributed by atoms with Gasteiger partial charge in [0.15, 0.2) is 28.7 Å². The molecule has 0 radical (unpaired) electrons. The number of carbonyl (C=O) groups excluding carboxylic acids is 5. The lowest BCUT2D eigenvalue weighted by molar-refractivity contribution is -0.140. The van der Waals surface area contributed by atoms with Crippen LogP contribution < -0.4 is 34.3 Å². The number of esters is 2. The number of hydrogen-bond acceptors (Lipinski definition) is 17. The quantitative estimate of drug-likeness (QED) is 0.0345. The fraction of sp³-hybridized carbons (Fsp3) is 0.319. The van der Waals surface area contributed by atoms with Gasteiger partial charge >= 0.3 is 48.8 Å². The predicted molar refractivity (Wildman–Crippen MR) is 243 cm³/mol. The summed E-state index contributed by atoms with van der Waals surface area (Å²) < 4.78 is 218. The molecule has 3 heterocycles. The van der Waals surface area contributed by atoms with Crippen molar-refractivity contribution in [3.8, 4) is 23.0 Å². The van der Waals surface area contributed by atoms with Gasteiger partial charge in [-0.15, -0.1) is 0 Å². The molecule has 2 amide bonds. The van der Waals surface area contributed by atoms with E-state index in [9.17, 15) is 71.9 Å². The number of amides is 2. The number of Topliss-reactive ketones (excluding diaryl/α,β-unsaturated/α-hetero) is 1. The summed E-state index contributed by atoms with van der Waals surface area (Å²) in [6.07, 6.45) is 1.07. The summed E-state index contributed by atoms with van der Waals surface area (Å²) in [5, 5.41) is 5.83. The third-order valence-corrected chi connectivity index (χ3v) is 14.5. The van der Waals surface area contributed by atoms with Gasteiger partial charge in [0.1, 0.15) is 16.9 Å². The highest BCUT2D eigenvalue weighted by Crippen LogP contribution is 2.60. The average molecular weight is 1150 g/mol. The molecule has 1 aromatic heterocycles. The van der Waals surface area contributed by atoms with Gasteiger partial charge in [-0.3, -0.25) is 19.2 Å². The van der Waals surface area contributed by atoms with E-state index in [0.717, 1.165) is 18.2 Å². The number of methoxy groups -OCH3 is 1. The van der Waals surface area contributed by atoms with Gasteiger partial charge in [0.2, 0.25) is 23.1 Å². The lowest BCUT2D eigenvalue weighted by Gasteiger charge is -2.37. The monoisotopic (exact) mass is 1150 g/mol. The topological polar surface area (TPSA) is 257 Å². The van der Waals surface area contributed by atoms with Crippen molar-refractivity contribution >= 4 is 66.4 Å². The van der Waals surface area contributed by atoms with Crippen molar-refractivity contribution in [1.82, 2.24) is 10.6 Å². The molecule has 2 aliphatic heterocycles. The average Bonchev–Trinajstić information content (AvgIpc) is 3.69. The Kier molecular flexibility index (Phi) is 14.7. The zero-order valence-electron chi connectivity index (χ0n) is 39.6. The molecule has 1 aliphatic carbocycles. The summed E-state index contributed by atoms with van der Waals surface area (Å²) in [6.45, 7) is 1.84. The van der Waals surface area contributed by atoms with Crippen molar-refractivity contribution in [2.45, 2.75) is 74.2 Å².